The molecule has 0 fully saturated rings. The Kier molecular flexibility index (Phi) is 4.07. The van der Waals surface area contributed by atoms with Gasteiger partial charge in [0.2, 0.25) is 0 Å². The van der Waals surface area contributed by atoms with Gasteiger partial charge in [0.25, 0.3) is 0 Å². The van der Waals surface area contributed by atoms with Crippen LogP contribution in [0.5, 0.6) is 0 Å². The zero-order valence-electron chi connectivity index (χ0n) is 10.8. The van der Waals surface area contributed by atoms with Crippen molar-refractivity contribution in [3.05, 3.63) is 36.0 Å². The van der Waals surface area contributed by atoms with E-state index in [-0.39, 0.29) is 0 Å². The first-order valence-electron chi connectivity index (χ1n) is 5.80. The van der Waals surface area contributed by atoms with Gasteiger partial charge in [0.1, 0.15) is 17.7 Å². The minimum absolute atomic E-state index is 0.330. The van der Waals surface area contributed by atoms with Gasteiger partial charge in [-0.05, 0) is 12.0 Å². The molecule has 7 heteroatoms. The van der Waals surface area contributed by atoms with E-state index in [2.05, 4.69) is 25.1 Å². The summed E-state index contributed by atoms with van der Waals surface area (Å²) >= 11 is 0. The van der Waals surface area contributed by atoms with Crippen LogP contribution in [-0.4, -0.2) is 39.4 Å². The summed E-state index contributed by atoms with van der Waals surface area (Å²) in [4.78, 5) is 19.4. The number of hydrogen-bond donors (Lipinski definition) is 1. The quantitative estimate of drug-likeness (QED) is 0.796. The third kappa shape index (κ3) is 3.27. The average Bonchev–Trinajstić information content (AvgIpc) is 2.84. The summed E-state index contributed by atoms with van der Waals surface area (Å²) in [7, 11) is 3.20. The van der Waals surface area contributed by atoms with Crippen molar-refractivity contribution in [2.75, 3.05) is 19.0 Å². The Morgan fingerprint density at radius 1 is 1.47 bits per heavy atom. The number of anilines is 1. The number of aryl methyl sites for hydroxylation is 1. The molecule has 2 aromatic heterocycles. The Labute approximate surface area is 110 Å². The van der Waals surface area contributed by atoms with E-state index in [4.69, 9.17) is 0 Å². The Balaban J connectivity index is 1.97. The van der Waals surface area contributed by atoms with Crippen LogP contribution in [0.3, 0.4) is 0 Å². The van der Waals surface area contributed by atoms with Crippen molar-refractivity contribution < 1.29 is 9.53 Å². The monoisotopic (exact) mass is 261 g/mol. The number of carbonyl (C=O) groups excluding carboxylic acids is 1. The molecule has 0 unspecified atom stereocenters. The molecule has 0 saturated carbocycles. The summed E-state index contributed by atoms with van der Waals surface area (Å²) < 4.78 is 6.42. The summed E-state index contributed by atoms with van der Waals surface area (Å²) in [6.07, 6.45) is 7.37. The summed E-state index contributed by atoms with van der Waals surface area (Å²) in [6, 6.07) is 0. The molecule has 100 valence electrons. The molecule has 0 atom stereocenters. The molecule has 0 aliphatic carbocycles. The number of rotatable bonds is 5. The summed E-state index contributed by atoms with van der Waals surface area (Å²) in [6.45, 7) is 0.646. The molecule has 0 aliphatic heterocycles. The van der Waals surface area contributed by atoms with Crippen LogP contribution in [0.25, 0.3) is 0 Å². The van der Waals surface area contributed by atoms with Gasteiger partial charge in [-0.1, -0.05) is 0 Å². The van der Waals surface area contributed by atoms with Gasteiger partial charge < -0.3 is 10.1 Å². The number of aromatic nitrogens is 4. The molecule has 2 aromatic rings. The highest BCUT2D eigenvalue weighted by molar-refractivity contribution is 5.94. The maximum atomic E-state index is 11.5. The molecule has 0 aromatic carbocycles. The maximum absolute atomic E-state index is 11.5. The highest BCUT2D eigenvalue weighted by atomic mass is 16.5. The predicted octanol–water partition coefficient (Wildman–Crippen LogP) is 0.651. The van der Waals surface area contributed by atoms with E-state index in [1.165, 1.54) is 19.6 Å². The molecule has 2 heterocycles. The van der Waals surface area contributed by atoms with E-state index in [0.717, 1.165) is 12.0 Å². The first-order chi connectivity index (χ1) is 9.20. The Hall–Kier alpha value is -2.44. The second-order valence-electron chi connectivity index (χ2n) is 3.98. The van der Waals surface area contributed by atoms with Gasteiger partial charge in [0, 0.05) is 26.0 Å². The molecule has 7 nitrogen and oxygen atoms in total. The normalized spacial score (nSPS) is 10.2. The first-order valence-corrected chi connectivity index (χ1v) is 5.80. The predicted molar refractivity (Wildman–Crippen MR) is 68.8 cm³/mol. The average molecular weight is 261 g/mol. The fourth-order valence-corrected chi connectivity index (χ4v) is 1.66. The fourth-order valence-electron chi connectivity index (χ4n) is 1.66. The van der Waals surface area contributed by atoms with E-state index in [9.17, 15) is 4.79 Å². The Morgan fingerprint density at radius 3 is 3.00 bits per heavy atom. The lowest BCUT2D eigenvalue weighted by atomic mass is 10.2. The summed E-state index contributed by atoms with van der Waals surface area (Å²) in [5.41, 5.74) is 1.44. The van der Waals surface area contributed by atoms with Crippen LogP contribution in [0.15, 0.2) is 24.9 Å². The highest BCUT2D eigenvalue weighted by Crippen LogP contribution is 2.11. The molecule has 1 N–H and O–H groups in total. The number of hydrogen-bond acceptors (Lipinski definition) is 6. The molecule has 0 saturated heterocycles. The van der Waals surface area contributed by atoms with E-state index in [1.807, 2.05) is 19.4 Å². The minimum atomic E-state index is -0.454. The van der Waals surface area contributed by atoms with Gasteiger partial charge in [0.15, 0.2) is 0 Å². The lowest BCUT2D eigenvalue weighted by Gasteiger charge is -2.08. The van der Waals surface area contributed by atoms with Crippen LogP contribution < -0.4 is 5.32 Å². The van der Waals surface area contributed by atoms with Crippen LogP contribution in [-0.2, 0) is 18.2 Å². The van der Waals surface area contributed by atoms with Gasteiger partial charge in [0.05, 0.1) is 13.3 Å². The number of carbonyl (C=O) groups is 1. The van der Waals surface area contributed by atoms with Gasteiger partial charge in [-0.2, -0.15) is 5.10 Å². The van der Waals surface area contributed by atoms with E-state index in [1.54, 1.807) is 4.68 Å². The van der Waals surface area contributed by atoms with Crippen molar-refractivity contribution in [3.8, 4) is 0 Å². The minimum Gasteiger partial charge on any atom is -0.465 e. The number of esters is 1. The molecule has 19 heavy (non-hydrogen) atoms. The molecular weight excluding hydrogens is 246 g/mol. The Bertz CT molecular complexity index is 567. The van der Waals surface area contributed by atoms with Crippen LogP contribution in [0.1, 0.15) is 15.9 Å². The van der Waals surface area contributed by atoms with Crippen molar-refractivity contribution in [2.24, 2.45) is 7.05 Å². The van der Waals surface area contributed by atoms with Gasteiger partial charge in [-0.15, -0.1) is 0 Å². The third-order valence-electron chi connectivity index (χ3n) is 2.58. The largest absolute Gasteiger partial charge is 0.465 e. The number of nitrogens with zero attached hydrogens (tertiary/aromatic N) is 4. The van der Waals surface area contributed by atoms with E-state index in [0.29, 0.717) is 17.9 Å². The van der Waals surface area contributed by atoms with Crippen LogP contribution in [0, 0.1) is 0 Å². The van der Waals surface area contributed by atoms with E-state index < -0.39 is 5.97 Å². The van der Waals surface area contributed by atoms with Crippen molar-refractivity contribution in [1.29, 1.82) is 0 Å². The molecule has 0 aliphatic rings. The van der Waals surface area contributed by atoms with Crippen molar-refractivity contribution in [2.45, 2.75) is 6.42 Å². The third-order valence-corrected chi connectivity index (χ3v) is 2.58. The van der Waals surface area contributed by atoms with Crippen LogP contribution >= 0.6 is 0 Å². The zero-order valence-corrected chi connectivity index (χ0v) is 10.8. The molecule has 0 spiro atoms. The van der Waals surface area contributed by atoms with Crippen molar-refractivity contribution >= 4 is 11.8 Å². The number of ether oxygens (including phenoxy) is 1. The molecule has 0 amide bonds. The van der Waals surface area contributed by atoms with Crippen molar-refractivity contribution in [3.63, 3.8) is 0 Å². The second kappa shape index (κ2) is 5.94. The SMILES string of the molecule is COC(=O)c1cncnc1NCCc1cnn(C)c1. The van der Waals surface area contributed by atoms with Gasteiger partial charge in [-0.25, -0.2) is 14.8 Å². The Morgan fingerprint density at radius 2 is 2.32 bits per heavy atom. The standard InChI is InChI=1S/C12H15N5O2/c1-17-7-9(5-16-17)3-4-14-11-10(12(18)19-2)6-13-8-15-11/h5-8H,3-4H2,1-2H3,(H,13,14,15). The summed E-state index contributed by atoms with van der Waals surface area (Å²) in [5.74, 6) is 0.0234. The molecule has 0 radical (unpaired) electrons. The summed E-state index contributed by atoms with van der Waals surface area (Å²) in [5, 5.41) is 7.19. The molecular formula is C12H15N5O2. The van der Waals surface area contributed by atoms with Gasteiger partial charge >= 0.3 is 5.97 Å². The lowest BCUT2D eigenvalue weighted by molar-refractivity contribution is 0.0601. The number of nitrogens with one attached hydrogen (secondary N) is 1. The van der Waals surface area contributed by atoms with E-state index >= 15 is 0 Å². The highest BCUT2D eigenvalue weighted by Gasteiger charge is 2.12. The van der Waals surface area contributed by atoms with Crippen LogP contribution in [0.4, 0.5) is 5.82 Å². The first kappa shape index (κ1) is 13.0. The number of methoxy groups -OCH3 is 1. The fraction of sp³-hybridized carbons (Fsp3) is 0.333. The topological polar surface area (TPSA) is 81.9 Å². The molecule has 2 rings (SSSR count). The van der Waals surface area contributed by atoms with Crippen molar-refractivity contribution in [1.82, 2.24) is 19.7 Å². The smallest absolute Gasteiger partial charge is 0.343 e. The second-order valence-corrected chi connectivity index (χ2v) is 3.98. The molecule has 0 bridgehead atoms. The lowest BCUT2D eigenvalue weighted by Crippen LogP contribution is -2.12. The van der Waals surface area contributed by atoms with Crippen LogP contribution in [0.2, 0.25) is 0 Å². The van der Waals surface area contributed by atoms with Gasteiger partial charge in [-0.3, -0.25) is 4.68 Å². The zero-order chi connectivity index (χ0) is 13.7. The maximum Gasteiger partial charge on any atom is 0.343 e.